The number of amides is 1. The molecule has 0 fully saturated rings. The summed E-state index contributed by atoms with van der Waals surface area (Å²) in [5.41, 5.74) is 1.22. The van der Waals surface area contributed by atoms with Gasteiger partial charge in [0, 0.05) is 5.33 Å². The average Bonchev–Trinajstić information content (AvgIpc) is 2.36. The fourth-order valence-electron chi connectivity index (χ4n) is 1.62. The number of benzene rings is 1. The Labute approximate surface area is 129 Å². The van der Waals surface area contributed by atoms with E-state index in [1.54, 1.807) is 7.11 Å². The smallest absolute Gasteiger partial charge is 0.412 e. The van der Waals surface area contributed by atoms with E-state index in [9.17, 15) is 4.79 Å². The third-order valence-electron chi connectivity index (χ3n) is 2.66. The third-order valence-corrected chi connectivity index (χ3v) is 3.63. The maximum absolute atomic E-state index is 11.8. The summed E-state index contributed by atoms with van der Waals surface area (Å²) in [6.07, 6.45) is -0.489. The van der Waals surface area contributed by atoms with E-state index in [4.69, 9.17) is 9.47 Å². The molecule has 5 heteroatoms. The molecule has 0 aliphatic heterocycles. The number of rotatable bonds is 4. The Morgan fingerprint density at radius 3 is 2.55 bits per heavy atom. The van der Waals surface area contributed by atoms with E-state index < -0.39 is 11.7 Å². The molecule has 0 aromatic heterocycles. The summed E-state index contributed by atoms with van der Waals surface area (Å²) in [4.78, 5) is 11.8. The van der Waals surface area contributed by atoms with Gasteiger partial charge in [-0.1, -0.05) is 28.9 Å². The van der Waals surface area contributed by atoms with Gasteiger partial charge in [-0.3, -0.25) is 5.32 Å². The summed E-state index contributed by atoms with van der Waals surface area (Å²) in [6.45, 7) is 7.59. The van der Waals surface area contributed by atoms with Gasteiger partial charge in [-0.2, -0.15) is 0 Å². The molecule has 112 valence electrons. The van der Waals surface area contributed by atoms with Crippen LogP contribution in [0.15, 0.2) is 18.2 Å². The number of methoxy groups -OCH3 is 1. The normalized spacial score (nSPS) is 12.7. The molecule has 0 aliphatic rings. The van der Waals surface area contributed by atoms with Crippen molar-refractivity contribution in [3.05, 3.63) is 23.8 Å². The zero-order valence-electron chi connectivity index (χ0n) is 12.6. The van der Waals surface area contributed by atoms with Gasteiger partial charge in [-0.15, -0.1) is 0 Å². The van der Waals surface area contributed by atoms with Gasteiger partial charge < -0.3 is 9.47 Å². The van der Waals surface area contributed by atoms with E-state index in [0.29, 0.717) is 17.4 Å². The SMILES string of the molecule is COc1cc(C(C)CBr)ccc1NC(=O)OC(C)(C)C. The summed E-state index contributed by atoms with van der Waals surface area (Å²) in [7, 11) is 1.58. The number of halogens is 1. The monoisotopic (exact) mass is 343 g/mol. The van der Waals surface area contributed by atoms with Crippen LogP contribution in [0.1, 0.15) is 39.2 Å². The standard InChI is InChI=1S/C15H22BrNO3/c1-10(9-16)11-6-7-12(13(8-11)19-5)17-14(18)20-15(2,3)4/h6-8,10H,9H2,1-5H3,(H,17,18). The summed E-state index contributed by atoms with van der Waals surface area (Å²) >= 11 is 3.46. The first kappa shape index (κ1) is 16.8. The molecule has 0 aliphatic carbocycles. The number of anilines is 1. The molecule has 0 bridgehead atoms. The van der Waals surface area contributed by atoms with Gasteiger partial charge in [0.15, 0.2) is 0 Å². The summed E-state index contributed by atoms with van der Waals surface area (Å²) in [5.74, 6) is 1.00. The van der Waals surface area contributed by atoms with Crippen LogP contribution in [0.2, 0.25) is 0 Å². The first-order chi connectivity index (χ1) is 9.26. The Morgan fingerprint density at radius 2 is 2.05 bits per heavy atom. The van der Waals surface area contributed by atoms with Crippen molar-refractivity contribution in [3.63, 3.8) is 0 Å². The molecule has 1 aromatic carbocycles. The third kappa shape index (κ3) is 5.04. The van der Waals surface area contributed by atoms with Gasteiger partial charge in [-0.25, -0.2) is 4.79 Å². The molecule has 1 N–H and O–H groups in total. The zero-order chi connectivity index (χ0) is 15.3. The molecule has 1 amide bonds. The number of alkyl halides is 1. The lowest BCUT2D eigenvalue weighted by Gasteiger charge is -2.20. The van der Waals surface area contributed by atoms with Crippen LogP contribution in [0.3, 0.4) is 0 Å². The van der Waals surface area contributed by atoms with Gasteiger partial charge in [0.1, 0.15) is 11.4 Å². The molecular weight excluding hydrogens is 322 g/mol. The second kappa shape index (κ2) is 6.97. The number of carbonyl (C=O) groups excluding carboxylic acids is 1. The quantitative estimate of drug-likeness (QED) is 0.816. The van der Waals surface area contributed by atoms with Crippen LogP contribution in [0.4, 0.5) is 10.5 Å². The second-order valence-electron chi connectivity index (χ2n) is 5.64. The van der Waals surface area contributed by atoms with Crippen LogP contribution in [0, 0.1) is 0 Å². The number of hydrogen-bond acceptors (Lipinski definition) is 3. The molecule has 1 rings (SSSR count). The molecule has 0 radical (unpaired) electrons. The van der Waals surface area contributed by atoms with Crippen molar-refractivity contribution < 1.29 is 14.3 Å². The maximum Gasteiger partial charge on any atom is 0.412 e. The van der Waals surface area contributed by atoms with Crippen LogP contribution in [0.25, 0.3) is 0 Å². The molecule has 0 spiro atoms. The molecule has 20 heavy (non-hydrogen) atoms. The molecule has 0 saturated carbocycles. The maximum atomic E-state index is 11.8. The Hall–Kier alpha value is -1.23. The Kier molecular flexibility index (Phi) is 5.87. The second-order valence-corrected chi connectivity index (χ2v) is 6.29. The van der Waals surface area contributed by atoms with Gasteiger partial charge in [0.05, 0.1) is 12.8 Å². The molecule has 0 saturated heterocycles. The minimum absolute atomic E-state index is 0.375. The van der Waals surface area contributed by atoms with E-state index in [0.717, 1.165) is 10.9 Å². The number of nitrogens with one attached hydrogen (secondary N) is 1. The number of ether oxygens (including phenoxy) is 2. The van der Waals surface area contributed by atoms with Crippen molar-refractivity contribution >= 4 is 27.7 Å². The van der Waals surface area contributed by atoms with Crippen LogP contribution >= 0.6 is 15.9 Å². The fourth-order valence-corrected chi connectivity index (χ4v) is 1.99. The van der Waals surface area contributed by atoms with Crippen molar-refractivity contribution in [1.82, 2.24) is 0 Å². The van der Waals surface area contributed by atoms with E-state index in [1.165, 1.54) is 0 Å². The number of hydrogen-bond donors (Lipinski definition) is 1. The highest BCUT2D eigenvalue weighted by atomic mass is 79.9. The number of carbonyl (C=O) groups is 1. The van der Waals surface area contributed by atoms with Crippen LogP contribution < -0.4 is 10.1 Å². The molecular formula is C15H22BrNO3. The Morgan fingerprint density at radius 1 is 1.40 bits per heavy atom. The average molecular weight is 344 g/mol. The lowest BCUT2D eigenvalue weighted by molar-refractivity contribution is 0.0635. The van der Waals surface area contributed by atoms with Crippen LogP contribution in [0.5, 0.6) is 5.75 Å². The lowest BCUT2D eigenvalue weighted by Crippen LogP contribution is -2.27. The molecule has 1 unspecified atom stereocenters. The predicted molar refractivity (Wildman–Crippen MR) is 85.1 cm³/mol. The van der Waals surface area contributed by atoms with Crippen molar-refractivity contribution in [3.8, 4) is 5.75 Å². The van der Waals surface area contributed by atoms with Crippen LogP contribution in [-0.2, 0) is 4.74 Å². The molecule has 1 atom stereocenters. The van der Waals surface area contributed by atoms with Crippen molar-refractivity contribution in [2.24, 2.45) is 0 Å². The zero-order valence-corrected chi connectivity index (χ0v) is 14.2. The summed E-state index contributed by atoms with van der Waals surface area (Å²) in [5, 5.41) is 3.57. The van der Waals surface area contributed by atoms with E-state index in [1.807, 2.05) is 39.0 Å². The van der Waals surface area contributed by atoms with Crippen molar-refractivity contribution in [1.29, 1.82) is 0 Å². The lowest BCUT2D eigenvalue weighted by atomic mass is 10.0. The van der Waals surface area contributed by atoms with Gasteiger partial charge in [0.2, 0.25) is 0 Å². The fraction of sp³-hybridized carbons (Fsp3) is 0.533. The largest absolute Gasteiger partial charge is 0.495 e. The highest BCUT2D eigenvalue weighted by Gasteiger charge is 2.18. The van der Waals surface area contributed by atoms with Gasteiger partial charge >= 0.3 is 6.09 Å². The predicted octanol–water partition coefficient (Wildman–Crippen LogP) is 4.54. The topological polar surface area (TPSA) is 47.6 Å². The summed E-state index contributed by atoms with van der Waals surface area (Å²) in [6, 6.07) is 5.73. The van der Waals surface area contributed by atoms with Gasteiger partial charge in [-0.05, 0) is 44.4 Å². The Balaban J connectivity index is 2.88. The highest BCUT2D eigenvalue weighted by Crippen LogP contribution is 2.30. The first-order valence-corrected chi connectivity index (χ1v) is 7.63. The molecule has 4 nitrogen and oxygen atoms in total. The van der Waals surface area contributed by atoms with Crippen molar-refractivity contribution in [2.45, 2.75) is 39.2 Å². The molecule has 1 aromatic rings. The van der Waals surface area contributed by atoms with Crippen LogP contribution in [-0.4, -0.2) is 24.1 Å². The first-order valence-electron chi connectivity index (χ1n) is 6.50. The minimum atomic E-state index is -0.526. The highest BCUT2D eigenvalue weighted by molar-refractivity contribution is 9.09. The van der Waals surface area contributed by atoms with E-state index in [-0.39, 0.29) is 0 Å². The Bertz CT molecular complexity index is 469. The minimum Gasteiger partial charge on any atom is -0.495 e. The molecule has 0 heterocycles. The van der Waals surface area contributed by atoms with E-state index >= 15 is 0 Å². The van der Waals surface area contributed by atoms with Crippen molar-refractivity contribution in [2.75, 3.05) is 17.8 Å². The summed E-state index contributed by atoms with van der Waals surface area (Å²) < 4.78 is 10.6. The van der Waals surface area contributed by atoms with Gasteiger partial charge in [0.25, 0.3) is 0 Å². The van der Waals surface area contributed by atoms with E-state index in [2.05, 4.69) is 28.2 Å².